The number of ether oxygens (including phenoxy) is 1. The fraction of sp³-hybridized carbons (Fsp3) is 0.286. The standard InChI is InChI=1S/C21H21ClN4O3/c22-15-6-8-19(25-10-12-29-13-11-25)18(14-15)23-21(28)17-7-9-20(27)26(24-17)16-4-2-1-3-5-16/h1-6,8,14H,7,9-13H2,(H,23,28). The second kappa shape index (κ2) is 8.63. The second-order valence-electron chi connectivity index (χ2n) is 6.80. The number of anilines is 3. The van der Waals surface area contributed by atoms with Crippen LogP contribution >= 0.6 is 11.6 Å². The Morgan fingerprint density at radius 2 is 1.83 bits per heavy atom. The maximum Gasteiger partial charge on any atom is 0.271 e. The number of hydrazone groups is 1. The fourth-order valence-corrected chi connectivity index (χ4v) is 3.54. The van der Waals surface area contributed by atoms with Gasteiger partial charge in [-0.05, 0) is 30.3 Å². The third kappa shape index (κ3) is 4.41. The van der Waals surface area contributed by atoms with Gasteiger partial charge in [0.25, 0.3) is 5.91 Å². The van der Waals surface area contributed by atoms with E-state index in [1.54, 1.807) is 24.3 Å². The predicted molar refractivity (Wildman–Crippen MR) is 114 cm³/mol. The summed E-state index contributed by atoms with van der Waals surface area (Å²) in [7, 11) is 0. The van der Waals surface area contributed by atoms with Crippen LogP contribution in [0.15, 0.2) is 53.6 Å². The first-order chi connectivity index (χ1) is 14.1. The molecule has 29 heavy (non-hydrogen) atoms. The van der Waals surface area contributed by atoms with Crippen LogP contribution in [-0.2, 0) is 14.3 Å². The van der Waals surface area contributed by atoms with Crippen molar-refractivity contribution < 1.29 is 14.3 Å². The van der Waals surface area contributed by atoms with Crippen LogP contribution in [0.4, 0.5) is 17.1 Å². The molecule has 2 aromatic carbocycles. The van der Waals surface area contributed by atoms with E-state index < -0.39 is 0 Å². The Morgan fingerprint density at radius 1 is 1.07 bits per heavy atom. The van der Waals surface area contributed by atoms with Gasteiger partial charge >= 0.3 is 0 Å². The number of carbonyl (C=O) groups excluding carboxylic acids is 2. The van der Waals surface area contributed by atoms with Crippen LogP contribution in [-0.4, -0.2) is 43.8 Å². The molecule has 1 saturated heterocycles. The van der Waals surface area contributed by atoms with Crippen LogP contribution in [0.5, 0.6) is 0 Å². The molecule has 0 aromatic heterocycles. The number of morpholine rings is 1. The van der Waals surface area contributed by atoms with Crippen LogP contribution in [0.25, 0.3) is 0 Å². The summed E-state index contributed by atoms with van der Waals surface area (Å²) in [5.74, 6) is -0.472. The molecule has 0 unspecified atom stereocenters. The first-order valence-electron chi connectivity index (χ1n) is 9.51. The summed E-state index contributed by atoms with van der Waals surface area (Å²) in [5.41, 5.74) is 2.45. The van der Waals surface area contributed by atoms with Gasteiger partial charge in [0.2, 0.25) is 5.91 Å². The quantitative estimate of drug-likeness (QED) is 0.836. The maximum atomic E-state index is 12.9. The smallest absolute Gasteiger partial charge is 0.271 e. The van der Waals surface area contributed by atoms with Crippen LogP contribution < -0.4 is 15.2 Å². The lowest BCUT2D eigenvalue weighted by atomic mass is 10.1. The van der Waals surface area contributed by atoms with Gasteiger partial charge in [-0.2, -0.15) is 5.10 Å². The minimum atomic E-state index is -0.338. The van der Waals surface area contributed by atoms with E-state index in [9.17, 15) is 9.59 Å². The molecule has 8 heteroatoms. The summed E-state index contributed by atoms with van der Waals surface area (Å²) in [6.07, 6.45) is 0.522. The normalized spacial score (nSPS) is 17.1. The number of amides is 2. The van der Waals surface area contributed by atoms with E-state index in [2.05, 4.69) is 15.3 Å². The molecule has 4 rings (SSSR count). The number of halogens is 1. The molecule has 2 amide bonds. The topological polar surface area (TPSA) is 74.2 Å². The summed E-state index contributed by atoms with van der Waals surface area (Å²) in [4.78, 5) is 27.4. The average molecular weight is 413 g/mol. The lowest BCUT2D eigenvalue weighted by Crippen LogP contribution is -2.38. The molecule has 7 nitrogen and oxygen atoms in total. The van der Waals surface area contributed by atoms with Crippen molar-refractivity contribution in [1.82, 2.24) is 0 Å². The van der Waals surface area contributed by atoms with Crippen molar-refractivity contribution in [2.45, 2.75) is 12.8 Å². The SMILES string of the molecule is O=C(Nc1cc(Cl)ccc1N1CCOCC1)C1=NN(c2ccccc2)C(=O)CC1. The molecule has 0 atom stereocenters. The third-order valence-electron chi connectivity index (χ3n) is 4.85. The summed E-state index contributed by atoms with van der Waals surface area (Å²) < 4.78 is 5.41. The van der Waals surface area contributed by atoms with Crippen LogP contribution in [0.1, 0.15) is 12.8 Å². The lowest BCUT2D eigenvalue weighted by molar-refractivity contribution is -0.118. The van der Waals surface area contributed by atoms with E-state index in [1.807, 2.05) is 24.3 Å². The van der Waals surface area contributed by atoms with Crippen LogP contribution in [0, 0.1) is 0 Å². The lowest BCUT2D eigenvalue weighted by Gasteiger charge is -2.30. The number of nitrogens with one attached hydrogen (secondary N) is 1. The molecule has 2 aliphatic heterocycles. The summed E-state index contributed by atoms with van der Waals surface area (Å²) >= 11 is 6.17. The second-order valence-corrected chi connectivity index (χ2v) is 7.24. The summed E-state index contributed by atoms with van der Waals surface area (Å²) in [6.45, 7) is 2.75. The van der Waals surface area contributed by atoms with Gasteiger partial charge < -0.3 is 15.0 Å². The van der Waals surface area contributed by atoms with Crippen molar-refractivity contribution in [3.05, 3.63) is 53.6 Å². The van der Waals surface area contributed by atoms with E-state index in [0.29, 0.717) is 41.7 Å². The van der Waals surface area contributed by atoms with Crippen molar-refractivity contribution in [2.24, 2.45) is 5.10 Å². The van der Waals surface area contributed by atoms with E-state index in [-0.39, 0.29) is 18.2 Å². The maximum absolute atomic E-state index is 12.9. The highest BCUT2D eigenvalue weighted by atomic mass is 35.5. The van der Waals surface area contributed by atoms with Gasteiger partial charge in [-0.25, -0.2) is 5.01 Å². The molecule has 2 heterocycles. The first-order valence-corrected chi connectivity index (χ1v) is 9.89. The Morgan fingerprint density at radius 3 is 2.59 bits per heavy atom. The van der Waals surface area contributed by atoms with Gasteiger partial charge in [0.1, 0.15) is 5.71 Å². The number of benzene rings is 2. The van der Waals surface area contributed by atoms with Gasteiger partial charge in [-0.15, -0.1) is 0 Å². The molecule has 1 N–H and O–H groups in total. The molecule has 2 aromatic rings. The molecule has 0 radical (unpaired) electrons. The monoisotopic (exact) mass is 412 g/mol. The molecule has 0 saturated carbocycles. The van der Waals surface area contributed by atoms with Crippen molar-refractivity contribution in [3.8, 4) is 0 Å². The average Bonchev–Trinajstić information content (AvgIpc) is 2.75. The summed E-state index contributed by atoms with van der Waals surface area (Å²) in [6, 6.07) is 14.5. The van der Waals surface area contributed by atoms with Crippen LogP contribution in [0.2, 0.25) is 5.02 Å². The Balaban J connectivity index is 1.57. The van der Waals surface area contributed by atoms with E-state index in [0.717, 1.165) is 18.8 Å². The molecule has 0 spiro atoms. The first kappa shape index (κ1) is 19.4. The molecular formula is C21H21ClN4O3. The van der Waals surface area contributed by atoms with Crippen molar-refractivity contribution in [1.29, 1.82) is 0 Å². The predicted octanol–water partition coefficient (Wildman–Crippen LogP) is 3.30. The number of nitrogens with zero attached hydrogens (tertiary/aromatic N) is 3. The van der Waals surface area contributed by atoms with E-state index in [4.69, 9.17) is 16.3 Å². The van der Waals surface area contributed by atoms with Crippen LogP contribution in [0.3, 0.4) is 0 Å². The minimum absolute atomic E-state index is 0.135. The highest BCUT2D eigenvalue weighted by Crippen LogP contribution is 2.30. The zero-order chi connectivity index (χ0) is 20.2. The Labute approximate surface area is 173 Å². The van der Waals surface area contributed by atoms with Gasteiger partial charge in [0, 0.05) is 31.0 Å². The summed E-state index contributed by atoms with van der Waals surface area (Å²) in [5, 5.41) is 9.07. The number of rotatable bonds is 4. The number of para-hydroxylation sites is 1. The highest BCUT2D eigenvalue weighted by Gasteiger charge is 2.26. The fourth-order valence-electron chi connectivity index (χ4n) is 3.37. The van der Waals surface area contributed by atoms with Gasteiger partial charge in [-0.3, -0.25) is 9.59 Å². The minimum Gasteiger partial charge on any atom is -0.378 e. The Bertz CT molecular complexity index is 942. The molecular weight excluding hydrogens is 392 g/mol. The van der Waals surface area contributed by atoms with Gasteiger partial charge in [-0.1, -0.05) is 29.8 Å². The highest BCUT2D eigenvalue weighted by molar-refractivity contribution is 6.44. The van der Waals surface area contributed by atoms with Gasteiger partial charge in [0.15, 0.2) is 0 Å². The zero-order valence-electron chi connectivity index (χ0n) is 15.8. The van der Waals surface area contributed by atoms with E-state index in [1.165, 1.54) is 5.01 Å². The molecule has 2 aliphatic rings. The number of hydrogen-bond acceptors (Lipinski definition) is 5. The molecule has 0 bridgehead atoms. The molecule has 150 valence electrons. The zero-order valence-corrected chi connectivity index (χ0v) is 16.6. The molecule has 0 aliphatic carbocycles. The van der Waals surface area contributed by atoms with Gasteiger partial charge in [0.05, 0.1) is 30.3 Å². The number of hydrogen-bond donors (Lipinski definition) is 1. The van der Waals surface area contributed by atoms with Crippen molar-refractivity contribution in [3.63, 3.8) is 0 Å². The van der Waals surface area contributed by atoms with Crippen molar-refractivity contribution >= 4 is 46.2 Å². The third-order valence-corrected chi connectivity index (χ3v) is 5.09. The van der Waals surface area contributed by atoms with E-state index >= 15 is 0 Å². The number of carbonyl (C=O) groups is 2. The largest absolute Gasteiger partial charge is 0.378 e. The van der Waals surface area contributed by atoms with Crippen molar-refractivity contribution in [2.75, 3.05) is 41.5 Å². The Kier molecular flexibility index (Phi) is 5.78. The molecule has 1 fully saturated rings. The Hall–Kier alpha value is -2.90.